The molecule has 7 heteroatoms. The molecule has 7 nitrogen and oxygen atoms in total. The molecule has 1 aliphatic heterocycles. The van der Waals surface area contributed by atoms with Gasteiger partial charge in [-0.2, -0.15) is 0 Å². The number of pyridine rings is 1. The largest absolute Gasteiger partial charge is 0.505 e. The fourth-order valence-corrected chi connectivity index (χ4v) is 2.15. The normalized spacial score (nSPS) is 16.1. The number of nitrogens with zero attached hydrogens (tertiary/aromatic N) is 2. The second kappa shape index (κ2) is 6.33. The molecular formula is C13H16N2O5. The van der Waals surface area contributed by atoms with Gasteiger partial charge in [0, 0.05) is 19.3 Å². The first-order valence-electron chi connectivity index (χ1n) is 6.33. The lowest BCUT2D eigenvalue weighted by Crippen LogP contribution is -2.41. The third kappa shape index (κ3) is 3.45. The quantitative estimate of drug-likeness (QED) is 0.832. The summed E-state index contributed by atoms with van der Waals surface area (Å²) in [6, 6.07) is 1.48. The number of ether oxygens (including phenoxy) is 1. The second-order valence-electron chi connectivity index (χ2n) is 4.59. The number of hydrogen-bond donors (Lipinski definition) is 2. The standard InChI is InChI=1S/C13H16N2O5/c16-11-7-14-4-1-10(11)13(19)15-5-2-9(3-6-15)20-8-12(17)18/h1,4,7,9,16H,2-3,5-6,8H2,(H,17,18). The third-order valence-corrected chi connectivity index (χ3v) is 3.20. The van der Waals surface area contributed by atoms with Gasteiger partial charge in [0.25, 0.3) is 5.91 Å². The van der Waals surface area contributed by atoms with E-state index in [1.807, 2.05) is 0 Å². The van der Waals surface area contributed by atoms with Gasteiger partial charge in [0.1, 0.15) is 12.4 Å². The number of carboxylic acid groups (broad SMARTS) is 1. The van der Waals surface area contributed by atoms with Crippen LogP contribution in [0.4, 0.5) is 0 Å². The Bertz CT molecular complexity index is 497. The van der Waals surface area contributed by atoms with Crippen molar-refractivity contribution < 1.29 is 24.5 Å². The number of carboxylic acids is 1. The monoisotopic (exact) mass is 280 g/mol. The van der Waals surface area contributed by atoms with Crippen molar-refractivity contribution in [2.45, 2.75) is 18.9 Å². The summed E-state index contributed by atoms with van der Waals surface area (Å²) in [7, 11) is 0. The van der Waals surface area contributed by atoms with Gasteiger partial charge in [-0.1, -0.05) is 0 Å². The highest BCUT2D eigenvalue weighted by atomic mass is 16.5. The van der Waals surface area contributed by atoms with Gasteiger partial charge in [-0.3, -0.25) is 9.78 Å². The number of aromatic hydroxyl groups is 1. The highest BCUT2D eigenvalue weighted by Crippen LogP contribution is 2.20. The van der Waals surface area contributed by atoms with E-state index in [1.54, 1.807) is 4.90 Å². The number of rotatable bonds is 4. The Kier molecular flexibility index (Phi) is 4.52. The molecule has 108 valence electrons. The van der Waals surface area contributed by atoms with E-state index in [0.717, 1.165) is 0 Å². The molecule has 0 radical (unpaired) electrons. The Morgan fingerprint density at radius 1 is 1.40 bits per heavy atom. The SMILES string of the molecule is O=C(O)COC1CCN(C(=O)c2ccncc2O)CC1. The molecule has 2 heterocycles. The molecule has 1 saturated heterocycles. The molecule has 0 unspecified atom stereocenters. The Hall–Kier alpha value is -2.15. The molecule has 20 heavy (non-hydrogen) atoms. The van der Waals surface area contributed by atoms with Gasteiger partial charge in [-0.25, -0.2) is 4.79 Å². The van der Waals surface area contributed by atoms with Crippen molar-refractivity contribution in [1.82, 2.24) is 9.88 Å². The smallest absolute Gasteiger partial charge is 0.329 e. The van der Waals surface area contributed by atoms with Crippen LogP contribution >= 0.6 is 0 Å². The zero-order valence-electron chi connectivity index (χ0n) is 10.9. The lowest BCUT2D eigenvalue weighted by Gasteiger charge is -2.31. The zero-order valence-corrected chi connectivity index (χ0v) is 10.9. The number of carbonyl (C=O) groups excluding carboxylic acids is 1. The van der Waals surface area contributed by atoms with Gasteiger partial charge >= 0.3 is 5.97 Å². The molecule has 0 spiro atoms. The highest BCUT2D eigenvalue weighted by Gasteiger charge is 2.25. The molecule has 2 N–H and O–H groups in total. The van der Waals surface area contributed by atoms with E-state index in [1.165, 1.54) is 18.5 Å². The van der Waals surface area contributed by atoms with Crippen molar-refractivity contribution in [1.29, 1.82) is 0 Å². The van der Waals surface area contributed by atoms with Crippen LogP contribution < -0.4 is 0 Å². The van der Waals surface area contributed by atoms with Crippen molar-refractivity contribution in [2.75, 3.05) is 19.7 Å². The van der Waals surface area contributed by atoms with Crippen LogP contribution in [0.15, 0.2) is 18.5 Å². The topological polar surface area (TPSA) is 100.0 Å². The van der Waals surface area contributed by atoms with E-state index in [4.69, 9.17) is 9.84 Å². The van der Waals surface area contributed by atoms with E-state index < -0.39 is 5.97 Å². The summed E-state index contributed by atoms with van der Waals surface area (Å²) in [5.74, 6) is -1.38. The molecular weight excluding hydrogens is 264 g/mol. The maximum absolute atomic E-state index is 12.2. The number of hydrogen-bond acceptors (Lipinski definition) is 5. The van der Waals surface area contributed by atoms with Crippen molar-refractivity contribution in [3.63, 3.8) is 0 Å². The molecule has 2 rings (SSSR count). The Morgan fingerprint density at radius 3 is 2.70 bits per heavy atom. The molecule has 1 aromatic heterocycles. The van der Waals surface area contributed by atoms with Crippen molar-refractivity contribution in [2.24, 2.45) is 0 Å². The average Bonchev–Trinajstić information content (AvgIpc) is 2.45. The molecule has 0 bridgehead atoms. The fraction of sp³-hybridized carbons (Fsp3) is 0.462. The zero-order chi connectivity index (χ0) is 14.5. The van der Waals surface area contributed by atoms with Crippen LogP contribution in [0.25, 0.3) is 0 Å². The first kappa shape index (κ1) is 14.3. The maximum Gasteiger partial charge on any atom is 0.329 e. The van der Waals surface area contributed by atoms with Crippen molar-refractivity contribution in [3.05, 3.63) is 24.0 Å². The predicted octanol–water partition coefficient (Wildman–Crippen LogP) is 0.493. The highest BCUT2D eigenvalue weighted by molar-refractivity contribution is 5.96. The summed E-state index contributed by atoms with van der Waals surface area (Å²) in [6.07, 6.45) is 3.72. The minimum atomic E-state index is -0.995. The second-order valence-corrected chi connectivity index (χ2v) is 4.59. The van der Waals surface area contributed by atoms with Crippen LogP contribution in [0.2, 0.25) is 0 Å². The van der Waals surface area contributed by atoms with Gasteiger partial charge in [-0.05, 0) is 18.9 Å². The minimum absolute atomic E-state index is 0.137. The summed E-state index contributed by atoms with van der Waals surface area (Å²) in [5, 5.41) is 18.1. The van der Waals surface area contributed by atoms with E-state index >= 15 is 0 Å². The Labute approximate surface area is 115 Å². The summed E-state index contributed by atoms with van der Waals surface area (Å²) < 4.78 is 5.20. The number of aromatic nitrogens is 1. The lowest BCUT2D eigenvalue weighted by molar-refractivity contribution is -0.145. The number of piperidine rings is 1. The third-order valence-electron chi connectivity index (χ3n) is 3.20. The van der Waals surface area contributed by atoms with E-state index in [-0.39, 0.29) is 29.9 Å². The first-order valence-corrected chi connectivity index (χ1v) is 6.33. The molecule has 1 aliphatic rings. The van der Waals surface area contributed by atoms with Crippen LogP contribution in [0.3, 0.4) is 0 Å². The van der Waals surface area contributed by atoms with Crippen LogP contribution in [-0.4, -0.2) is 57.8 Å². The van der Waals surface area contributed by atoms with Crippen LogP contribution in [0.1, 0.15) is 23.2 Å². The average molecular weight is 280 g/mol. The van der Waals surface area contributed by atoms with Gasteiger partial charge in [0.05, 0.1) is 17.9 Å². The summed E-state index contributed by atoms with van der Waals surface area (Å²) in [4.78, 5) is 28.0. The number of carbonyl (C=O) groups is 2. The van der Waals surface area contributed by atoms with Gasteiger partial charge in [0.15, 0.2) is 0 Å². The van der Waals surface area contributed by atoms with Gasteiger partial charge in [0.2, 0.25) is 0 Å². The van der Waals surface area contributed by atoms with E-state index in [0.29, 0.717) is 25.9 Å². The minimum Gasteiger partial charge on any atom is -0.505 e. The molecule has 0 aliphatic carbocycles. The van der Waals surface area contributed by atoms with Crippen molar-refractivity contribution >= 4 is 11.9 Å². The molecule has 1 aromatic rings. The summed E-state index contributed by atoms with van der Waals surface area (Å²) in [5.41, 5.74) is 0.227. The molecule has 0 atom stereocenters. The van der Waals surface area contributed by atoms with Gasteiger partial charge < -0.3 is 19.8 Å². The molecule has 0 aromatic carbocycles. The molecule has 1 fully saturated rings. The predicted molar refractivity (Wildman–Crippen MR) is 68.4 cm³/mol. The number of amides is 1. The summed E-state index contributed by atoms with van der Waals surface area (Å²) in [6.45, 7) is 0.638. The Morgan fingerprint density at radius 2 is 2.10 bits per heavy atom. The van der Waals surface area contributed by atoms with Gasteiger partial charge in [-0.15, -0.1) is 0 Å². The van der Waals surface area contributed by atoms with Crippen LogP contribution in [0, 0.1) is 0 Å². The van der Waals surface area contributed by atoms with Crippen LogP contribution in [0.5, 0.6) is 5.75 Å². The number of aliphatic carboxylic acids is 1. The fourth-order valence-electron chi connectivity index (χ4n) is 2.15. The van der Waals surface area contributed by atoms with Crippen LogP contribution in [-0.2, 0) is 9.53 Å². The number of likely N-dealkylation sites (tertiary alicyclic amines) is 1. The van der Waals surface area contributed by atoms with E-state index in [9.17, 15) is 14.7 Å². The molecule has 0 saturated carbocycles. The first-order chi connectivity index (χ1) is 9.58. The Balaban J connectivity index is 1.89. The lowest BCUT2D eigenvalue weighted by atomic mass is 10.1. The van der Waals surface area contributed by atoms with Crippen molar-refractivity contribution in [3.8, 4) is 5.75 Å². The maximum atomic E-state index is 12.2. The molecule has 1 amide bonds. The van der Waals surface area contributed by atoms with E-state index in [2.05, 4.69) is 4.98 Å². The summed E-state index contributed by atoms with van der Waals surface area (Å²) >= 11 is 0.